The van der Waals surface area contributed by atoms with Crippen molar-refractivity contribution in [3.05, 3.63) is 33.4 Å². The smallest absolute Gasteiger partial charge is 0.276 e. The van der Waals surface area contributed by atoms with Crippen LogP contribution in [0.3, 0.4) is 0 Å². The summed E-state index contributed by atoms with van der Waals surface area (Å²) >= 11 is 0. The van der Waals surface area contributed by atoms with Crippen LogP contribution in [-0.4, -0.2) is 22.2 Å². The summed E-state index contributed by atoms with van der Waals surface area (Å²) in [7, 11) is 0. The van der Waals surface area contributed by atoms with Crippen molar-refractivity contribution in [3.63, 3.8) is 0 Å². The molecule has 0 heterocycles. The van der Waals surface area contributed by atoms with Crippen LogP contribution in [0.1, 0.15) is 36.8 Å². The van der Waals surface area contributed by atoms with E-state index in [1.54, 1.807) is 13.0 Å². The van der Waals surface area contributed by atoms with Crippen molar-refractivity contribution >= 4 is 5.69 Å². The third kappa shape index (κ3) is 3.04. The lowest BCUT2D eigenvalue weighted by molar-refractivity contribution is -0.385. The molecular formula is C14H19NO4. The van der Waals surface area contributed by atoms with Gasteiger partial charge in [-0.15, -0.1) is 0 Å². The molecule has 0 aromatic heterocycles. The van der Waals surface area contributed by atoms with Gasteiger partial charge in [0.25, 0.3) is 5.69 Å². The van der Waals surface area contributed by atoms with E-state index < -0.39 is 10.5 Å². The highest BCUT2D eigenvalue weighted by Crippen LogP contribution is 2.32. The van der Waals surface area contributed by atoms with Crippen LogP contribution in [-0.2, 0) is 0 Å². The fraction of sp³-hybridized carbons (Fsp3) is 0.571. The number of nitro groups is 1. The number of aliphatic hydroxyl groups is 1. The summed E-state index contributed by atoms with van der Waals surface area (Å²) < 4.78 is 5.62. The van der Waals surface area contributed by atoms with Gasteiger partial charge < -0.3 is 9.84 Å². The summed E-state index contributed by atoms with van der Waals surface area (Å²) in [5.74, 6) is 0.484. The predicted molar refractivity (Wildman–Crippen MR) is 71.5 cm³/mol. The summed E-state index contributed by atoms with van der Waals surface area (Å²) in [4.78, 5) is 10.5. The fourth-order valence-electron chi connectivity index (χ4n) is 2.56. The van der Waals surface area contributed by atoms with Gasteiger partial charge >= 0.3 is 0 Å². The highest BCUT2D eigenvalue weighted by molar-refractivity contribution is 5.49. The molecule has 1 aliphatic carbocycles. The van der Waals surface area contributed by atoms with Crippen molar-refractivity contribution < 1.29 is 14.8 Å². The van der Waals surface area contributed by atoms with E-state index in [2.05, 4.69) is 0 Å². The fourth-order valence-corrected chi connectivity index (χ4v) is 2.56. The maximum Gasteiger partial charge on any atom is 0.276 e. The normalized spacial score (nSPS) is 17.4. The lowest BCUT2D eigenvalue weighted by Gasteiger charge is -2.22. The van der Waals surface area contributed by atoms with Gasteiger partial charge in [0.05, 0.1) is 16.6 Å². The predicted octanol–water partition coefficient (Wildman–Crippen LogP) is 2.90. The molecule has 1 aliphatic rings. The average molecular weight is 265 g/mol. The lowest BCUT2D eigenvalue weighted by Crippen LogP contribution is -2.32. The van der Waals surface area contributed by atoms with Crippen LogP contribution in [0.4, 0.5) is 5.69 Å². The molecule has 0 aliphatic heterocycles. The van der Waals surface area contributed by atoms with Gasteiger partial charge in [0, 0.05) is 5.56 Å². The summed E-state index contributed by atoms with van der Waals surface area (Å²) in [5, 5.41) is 21.1. The molecule has 5 nitrogen and oxygen atoms in total. The number of ether oxygens (including phenoxy) is 1. The Morgan fingerprint density at radius 2 is 1.95 bits per heavy atom. The standard InChI is InChI=1S/C14H19NO4/c1-10-7-11(2)13(8-12(10)15(17)18)19-9-14(16)5-3-4-6-14/h7-8,16H,3-6,9H2,1-2H3. The van der Waals surface area contributed by atoms with Gasteiger partial charge in [-0.2, -0.15) is 0 Å². The van der Waals surface area contributed by atoms with E-state index in [4.69, 9.17) is 4.74 Å². The van der Waals surface area contributed by atoms with Crippen molar-refractivity contribution in [2.45, 2.75) is 45.1 Å². The first kappa shape index (κ1) is 13.8. The molecule has 0 saturated heterocycles. The molecule has 0 spiro atoms. The third-order valence-electron chi connectivity index (χ3n) is 3.72. The molecule has 104 valence electrons. The Labute approximate surface area is 112 Å². The minimum Gasteiger partial charge on any atom is -0.490 e. The van der Waals surface area contributed by atoms with Crippen LogP contribution >= 0.6 is 0 Å². The topological polar surface area (TPSA) is 72.6 Å². The first-order chi connectivity index (χ1) is 8.91. The van der Waals surface area contributed by atoms with Crippen molar-refractivity contribution in [2.24, 2.45) is 0 Å². The number of nitrogens with zero attached hydrogens (tertiary/aromatic N) is 1. The van der Waals surface area contributed by atoms with Gasteiger partial charge in [-0.25, -0.2) is 0 Å². The molecule has 1 N–H and O–H groups in total. The summed E-state index contributed by atoms with van der Waals surface area (Å²) in [6.07, 6.45) is 3.49. The molecular weight excluding hydrogens is 246 g/mol. The minimum atomic E-state index is -0.772. The highest BCUT2D eigenvalue weighted by Gasteiger charge is 2.32. The van der Waals surface area contributed by atoms with Gasteiger partial charge in [-0.05, 0) is 38.3 Å². The number of nitro benzene ring substituents is 1. The Bertz CT molecular complexity index is 492. The van der Waals surface area contributed by atoms with Crippen molar-refractivity contribution in [1.29, 1.82) is 0 Å². The van der Waals surface area contributed by atoms with Crippen LogP contribution in [0.25, 0.3) is 0 Å². The lowest BCUT2D eigenvalue weighted by atomic mass is 10.0. The van der Waals surface area contributed by atoms with Crippen molar-refractivity contribution in [3.8, 4) is 5.75 Å². The molecule has 1 aromatic rings. The Hall–Kier alpha value is -1.62. The first-order valence-electron chi connectivity index (χ1n) is 6.52. The molecule has 19 heavy (non-hydrogen) atoms. The molecule has 1 saturated carbocycles. The van der Waals surface area contributed by atoms with Gasteiger partial charge in [-0.1, -0.05) is 12.8 Å². The summed E-state index contributed by atoms with van der Waals surface area (Å²) in [6, 6.07) is 3.19. The van der Waals surface area contributed by atoms with E-state index in [9.17, 15) is 15.2 Å². The number of rotatable bonds is 4. The van der Waals surface area contributed by atoms with Gasteiger partial charge in [0.15, 0.2) is 0 Å². The Kier molecular flexibility index (Phi) is 3.75. The summed E-state index contributed by atoms with van der Waals surface area (Å²) in [5.41, 5.74) is 0.754. The molecule has 1 aromatic carbocycles. The van der Waals surface area contributed by atoms with Crippen molar-refractivity contribution in [2.75, 3.05) is 6.61 Å². The quantitative estimate of drug-likeness (QED) is 0.671. The maximum absolute atomic E-state index is 10.9. The molecule has 0 amide bonds. The maximum atomic E-state index is 10.9. The summed E-state index contributed by atoms with van der Waals surface area (Å²) in [6.45, 7) is 3.76. The van der Waals surface area contributed by atoms with Gasteiger partial charge in [0.2, 0.25) is 0 Å². The molecule has 0 radical (unpaired) electrons. The Morgan fingerprint density at radius 3 is 2.53 bits per heavy atom. The average Bonchev–Trinajstić information content (AvgIpc) is 2.75. The molecule has 0 unspecified atom stereocenters. The van der Waals surface area contributed by atoms with Crippen LogP contribution in [0.5, 0.6) is 5.75 Å². The minimum absolute atomic E-state index is 0.0546. The second-order valence-electron chi connectivity index (χ2n) is 5.38. The molecule has 2 rings (SSSR count). The number of aryl methyl sites for hydroxylation is 2. The Balaban J connectivity index is 2.15. The zero-order valence-corrected chi connectivity index (χ0v) is 11.3. The van der Waals surface area contributed by atoms with E-state index in [1.165, 1.54) is 6.07 Å². The van der Waals surface area contributed by atoms with E-state index >= 15 is 0 Å². The zero-order chi connectivity index (χ0) is 14.0. The number of hydrogen-bond acceptors (Lipinski definition) is 4. The zero-order valence-electron chi connectivity index (χ0n) is 11.3. The van der Waals surface area contributed by atoms with Crippen LogP contribution < -0.4 is 4.74 Å². The monoisotopic (exact) mass is 265 g/mol. The number of hydrogen-bond donors (Lipinski definition) is 1. The van der Waals surface area contributed by atoms with Crippen molar-refractivity contribution in [1.82, 2.24) is 0 Å². The highest BCUT2D eigenvalue weighted by atomic mass is 16.6. The van der Waals surface area contributed by atoms with E-state index in [0.29, 0.717) is 11.3 Å². The molecule has 5 heteroatoms. The van der Waals surface area contributed by atoms with E-state index in [0.717, 1.165) is 31.2 Å². The molecule has 0 bridgehead atoms. The second kappa shape index (κ2) is 5.17. The third-order valence-corrected chi connectivity index (χ3v) is 3.72. The second-order valence-corrected chi connectivity index (χ2v) is 5.38. The van der Waals surface area contributed by atoms with Gasteiger partial charge in [-0.3, -0.25) is 10.1 Å². The van der Waals surface area contributed by atoms with E-state index in [1.807, 2.05) is 6.92 Å². The van der Waals surface area contributed by atoms with Crippen LogP contribution in [0.15, 0.2) is 12.1 Å². The Morgan fingerprint density at radius 1 is 1.32 bits per heavy atom. The van der Waals surface area contributed by atoms with Crippen LogP contribution in [0.2, 0.25) is 0 Å². The number of benzene rings is 1. The van der Waals surface area contributed by atoms with E-state index in [-0.39, 0.29) is 12.3 Å². The van der Waals surface area contributed by atoms with Gasteiger partial charge in [0.1, 0.15) is 12.4 Å². The molecule has 0 atom stereocenters. The van der Waals surface area contributed by atoms with Crippen LogP contribution in [0, 0.1) is 24.0 Å². The largest absolute Gasteiger partial charge is 0.490 e. The first-order valence-corrected chi connectivity index (χ1v) is 6.52. The SMILES string of the molecule is Cc1cc(C)c([N+](=O)[O-])cc1OCC1(O)CCCC1. The molecule has 1 fully saturated rings.